The largest absolute Gasteiger partial charge is 0.497 e. The van der Waals surface area contributed by atoms with Crippen molar-refractivity contribution >= 4 is 12.9 Å². The van der Waals surface area contributed by atoms with E-state index >= 15 is 0 Å². The number of methoxy groups -OCH3 is 2. The molecular weight excluding hydrogens is 225 g/mol. The van der Waals surface area contributed by atoms with Crippen molar-refractivity contribution in [2.45, 2.75) is 39.8 Å². The average Bonchev–Trinajstić information content (AvgIpc) is 2.34. The Morgan fingerprint density at radius 1 is 0.889 bits per heavy atom. The summed E-state index contributed by atoms with van der Waals surface area (Å²) in [6.45, 7) is 8.75. The topological polar surface area (TPSA) is 21.7 Å². The van der Waals surface area contributed by atoms with Gasteiger partial charge in [0.1, 0.15) is 11.5 Å². The maximum atomic E-state index is 5.28. The van der Waals surface area contributed by atoms with Gasteiger partial charge < -0.3 is 14.3 Å². The lowest BCUT2D eigenvalue weighted by Crippen LogP contribution is -2.45. The molecule has 4 heteroatoms. The predicted molar refractivity (Wildman–Crippen MR) is 77.0 cm³/mol. The molecule has 0 heterocycles. The van der Waals surface area contributed by atoms with Gasteiger partial charge in [-0.2, -0.15) is 0 Å². The molecule has 0 aliphatic heterocycles. The molecule has 0 atom stereocenters. The van der Waals surface area contributed by atoms with E-state index in [0.717, 1.165) is 17.0 Å². The first-order chi connectivity index (χ1) is 8.47. The lowest BCUT2D eigenvalue weighted by atomic mass is 9.78. The van der Waals surface area contributed by atoms with Crippen molar-refractivity contribution in [1.29, 1.82) is 0 Å². The molecule has 0 saturated carbocycles. The third-order valence-electron chi connectivity index (χ3n) is 2.86. The number of hydrogen-bond acceptors (Lipinski definition) is 3. The minimum Gasteiger partial charge on any atom is -0.497 e. The van der Waals surface area contributed by atoms with Crippen LogP contribution in [0.1, 0.15) is 27.7 Å². The van der Waals surface area contributed by atoms with E-state index in [1.807, 2.05) is 18.2 Å². The van der Waals surface area contributed by atoms with Gasteiger partial charge in [0.25, 0.3) is 0 Å². The summed E-state index contributed by atoms with van der Waals surface area (Å²) < 4.78 is 10.6. The summed E-state index contributed by atoms with van der Waals surface area (Å²) in [6.07, 6.45) is 0. The van der Waals surface area contributed by atoms with E-state index in [-0.39, 0.29) is 0 Å². The summed E-state index contributed by atoms with van der Waals surface area (Å²) in [6, 6.07) is 6.83. The van der Waals surface area contributed by atoms with E-state index in [2.05, 4.69) is 39.9 Å². The van der Waals surface area contributed by atoms with E-state index in [1.54, 1.807) is 14.2 Å². The average molecular weight is 248 g/mol. The molecule has 0 saturated heterocycles. The van der Waals surface area contributed by atoms with Crippen molar-refractivity contribution in [3.8, 4) is 11.5 Å². The van der Waals surface area contributed by atoms with Gasteiger partial charge in [-0.1, -0.05) is 33.2 Å². The Hall–Kier alpha value is -1.16. The lowest BCUT2D eigenvalue weighted by Gasteiger charge is -2.30. The van der Waals surface area contributed by atoms with Gasteiger partial charge in [-0.05, 0) is 24.2 Å². The Morgan fingerprint density at radius 2 is 1.33 bits per heavy atom. The number of benzene rings is 1. The van der Waals surface area contributed by atoms with Crippen LogP contribution in [0.3, 0.4) is 0 Å². The molecule has 1 radical (unpaired) electrons. The van der Waals surface area contributed by atoms with Crippen LogP contribution in [0, 0.1) is 0 Å². The second kappa shape index (κ2) is 6.69. The first-order valence-corrected chi connectivity index (χ1v) is 6.33. The van der Waals surface area contributed by atoms with Gasteiger partial charge in [0.05, 0.1) is 14.2 Å². The molecule has 0 aromatic heterocycles. The van der Waals surface area contributed by atoms with Crippen LogP contribution in [0.4, 0.5) is 0 Å². The van der Waals surface area contributed by atoms with Gasteiger partial charge in [0, 0.05) is 6.07 Å². The normalized spacial score (nSPS) is 11.2. The van der Waals surface area contributed by atoms with Gasteiger partial charge >= 0.3 is 0 Å². The zero-order valence-electron chi connectivity index (χ0n) is 12.2. The maximum Gasteiger partial charge on any atom is 0.248 e. The standard InChI is InChI=1S/C14H23BNO2/c1-10(2)16(11(3)4)15-12-7-13(17-5)9-14(8-12)18-6/h7-11H,1-6H3. The van der Waals surface area contributed by atoms with E-state index in [9.17, 15) is 0 Å². The SMILES string of the molecule is COc1cc([B]N(C(C)C)C(C)C)cc(OC)c1. The molecular formula is C14H23BNO2. The molecule has 18 heavy (non-hydrogen) atoms. The van der Waals surface area contributed by atoms with E-state index in [0.29, 0.717) is 12.1 Å². The van der Waals surface area contributed by atoms with Crippen LogP contribution in [0.25, 0.3) is 0 Å². The van der Waals surface area contributed by atoms with Crippen LogP contribution in [-0.2, 0) is 0 Å². The molecule has 1 aromatic rings. The minimum absolute atomic E-state index is 0.460. The zero-order chi connectivity index (χ0) is 13.7. The fourth-order valence-corrected chi connectivity index (χ4v) is 1.97. The third kappa shape index (κ3) is 3.95. The second-order valence-electron chi connectivity index (χ2n) is 4.91. The van der Waals surface area contributed by atoms with Gasteiger partial charge in [0.2, 0.25) is 7.41 Å². The Bertz CT molecular complexity index is 350. The van der Waals surface area contributed by atoms with Crippen LogP contribution in [0.2, 0.25) is 0 Å². The number of ether oxygens (including phenoxy) is 2. The molecule has 0 N–H and O–H groups in total. The highest BCUT2D eigenvalue weighted by Crippen LogP contribution is 2.17. The fourth-order valence-electron chi connectivity index (χ4n) is 1.97. The minimum atomic E-state index is 0.460. The Labute approximate surface area is 111 Å². The number of nitrogens with zero attached hydrogens (tertiary/aromatic N) is 1. The van der Waals surface area contributed by atoms with E-state index < -0.39 is 0 Å². The summed E-state index contributed by atoms with van der Waals surface area (Å²) in [4.78, 5) is 2.31. The summed E-state index contributed by atoms with van der Waals surface area (Å²) in [5, 5.41) is 0. The first kappa shape index (κ1) is 14.9. The molecule has 3 nitrogen and oxygen atoms in total. The molecule has 0 fully saturated rings. The fraction of sp³-hybridized carbons (Fsp3) is 0.571. The highest BCUT2D eigenvalue weighted by molar-refractivity contribution is 6.51. The van der Waals surface area contributed by atoms with Gasteiger partial charge in [-0.25, -0.2) is 0 Å². The molecule has 0 aliphatic carbocycles. The van der Waals surface area contributed by atoms with Crippen LogP contribution < -0.4 is 14.9 Å². The molecule has 0 spiro atoms. The van der Waals surface area contributed by atoms with Crippen molar-refractivity contribution < 1.29 is 9.47 Å². The molecule has 1 rings (SSSR count). The summed E-state index contributed by atoms with van der Waals surface area (Å²) >= 11 is 0. The quantitative estimate of drug-likeness (QED) is 0.719. The van der Waals surface area contributed by atoms with Crippen molar-refractivity contribution in [1.82, 2.24) is 4.81 Å². The molecule has 99 valence electrons. The highest BCUT2D eigenvalue weighted by Gasteiger charge is 2.16. The lowest BCUT2D eigenvalue weighted by molar-refractivity contribution is 0.315. The Balaban J connectivity index is 2.94. The predicted octanol–water partition coefficient (Wildman–Crippen LogP) is 2.07. The molecule has 1 aromatic carbocycles. The van der Waals surface area contributed by atoms with Crippen LogP contribution in [0.5, 0.6) is 11.5 Å². The number of hydrogen-bond donors (Lipinski definition) is 0. The monoisotopic (exact) mass is 248 g/mol. The molecule has 0 unspecified atom stereocenters. The van der Waals surface area contributed by atoms with E-state index in [1.165, 1.54) is 0 Å². The summed E-state index contributed by atoms with van der Waals surface area (Å²) in [5.41, 5.74) is 1.09. The second-order valence-corrected chi connectivity index (χ2v) is 4.91. The van der Waals surface area contributed by atoms with Gasteiger partial charge in [-0.15, -0.1) is 0 Å². The Morgan fingerprint density at radius 3 is 1.67 bits per heavy atom. The zero-order valence-corrected chi connectivity index (χ0v) is 12.2. The van der Waals surface area contributed by atoms with Crippen LogP contribution in [-0.4, -0.2) is 38.5 Å². The Kier molecular flexibility index (Phi) is 5.54. The first-order valence-electron chi connectivity index (χ1n) is 6.33. The highest BCUT2D eigenvalue weighted by atomic mass is 16.5. The van der Waals surface area contributed by atoms with Gasteiger partial charge in [-0.3, -0.25) is 0 Å². The third-order valence-corrected chi connectivity index (χ3v) is 2.86. The number of rotatable bonds is 6. The summed E-state index contributed by atoms with van der Waals surface area (Å²) in [5.74, 6) is 1.63. The van der Waals surface area contributed by atoms with E-state index in [4.69, 9.17) is 9.47 Å². The van der Waals surface area contributed by atoms with Crippen molar-refractivity contribution in [3.63, 3.8) is 0 Å². The molecule has 0 aliphatic rings. The van der Waals surface area contributed by atoms with Crippen molar-refractivity contribution in [2.24, 2.45) is 0 Å². The smallest absolute Gasteiger partial charge is 0.248 e. The van der Waals surface area contributed by atoms with Crippen LogP contribution in [0.15, 0.2) is 18.2 Å². The maximum absolute atomic E-state index is 5.28. The summed E-state index contributed by atoms with van der Waals surface area (Å²) in [7, 11) is 5.49. The van der Waals surface area contributed by atoms with Gasteiger partial charge in [0.15, 0.2) is 0 Å². The van der Waals surface area contributed by atoms with Crippen LogP contribution >= 0.6 is 0 Å². The molecule has 0 amide bonds. The van der Waals surface area contributed by atoms with Crippen molar-refractivity contribution in [3.05, 3.63) is 18.2 Å². The van der Waals surface area contributed by atoms with Crippen molar-refractivity contribution in [2.75, 3.05) is 14.2 Å². The molecule has 0 bridgehead atoms.